The van der Waals surface area contributed by atoms with Gasteiger partial charge in [-0.1, -0.05) is 59.6 Å². The molecule has 1 aliphatic rings. The third-order valence-corrected chi connectivity index (χ3v) is 8.66. The molecule has 0 aliphatic heterocycles. The van der Waals surface area contributed by atoms with Crippen LogP contribution in [0.4, 0.5) is 11.4 Å². The third-order valence-electron chi connectivity index (χ3n) is 7.45. The molecule has 0 saturated heterocycles. The number of fused-ring (bicyclic) bond motifs is 3. The van der Waals surface area contributed by atoms with Gasteiger partial charge in [0.2, 0.25) is 0 Å². The van der Waals surface area contributed by atoms with E-state index in [0.717, 1.165) is 21.9 Å². The quantitative estimate of drug-likeness (QED) is 0.198. The Morgan fingerprint density at radius 2 is 1.27 bits per heavy atom. The maximum atomic E-state index is 4.99. The third kappa shape index (κ3) is 3.43. The van der Waals surface area contributed by atoms with Crippen LogP contribution in [0.15, 0.2) is 64.4 Å². The minimum Gasteiger partial charge on any atom is -0.354 e. The molecule has 0 aromatic heterocycles. The van der Waals surface area contributed by atoms with Gasteiger partial charge in [-0.2, -0.15) is 0 Å². The fraction of sp³-hybridized carbons (Fsp3) is 0.172. The molecule has 0 fully saturated rings. The van der Waals surface area contributed by atoms with Crippen LogP contribution in [-0.4, -0.2) is 7.85 Å². The zero-order chi connectivity index (χ0) is 23.4. The molecule has 0 spiro atoms. The van der Waals surface area contributed by atoms with Crippen LogP contribution < -0.4 is 10.8 Å². The van der Waals surface area contributed by atoms with Crippen LogP contribution in [0.2, 0.25) is 0 Å². The van der Waals surface area contributed by atoms with Gasteiger partial charge in [0.05, 0.1) is 0 Å². The Bertz CT molecular complexity index is 1420. The van der Waals surface area contributed by atoms with Gasteiger partial charge < -0.3 is 5.32 Å². The maximum absolute atomic E-state index is 4.99. The molecule has 4 heteroatoms. The lowest BCUT2D eigenvalue weighted by Gasteiger charge is -2.23. The van der Waals surface area contributed by atoms with E-state index in [1.165, 1.54) is 66.8 Å². The smallest absolute Gasteiger partial charge is 0.140 e. The van der Waals surface area contributed by atoms with Crippen molar-refractivity contribution in [2.75, 3.05) is 5.32 Å². The van der Waals surface area contributed by atoms with Gasteiger partial charge in [0.1, 0.15) is 7.85 Å². The molecule has 0 radical (unpaired) electrons. The average Bonchev–Trinajstić information content (AvgIpc) is 3.24. The van der Waals surface area contributed by atoms with E-state index in [-0.39, 0.29) is 0 Å². The molecule has 0 heterocycles. The van der Waals surface area contributed by atoms with E-state index in [1.807, 2.05) is 0 Å². The van der Waals surface area contributed by atoms with Crippen molar-refractivity contribution in [2.24, 2.45) is 0 Å². The highest BCUT2D eigenvalue weighted by molar-refractivity contribution is 7.80. The first-order chi connectivity index (χ1) is 15.8. The Labute approximate surface area is 208 Å². The minimum absolute atomic E-state index is 0.875. The van der Waals surface area contributed by atoms with Crippen LogP contribution in [-0.2, 0) is 6.42 Å². The first kappa shape index (κ1) is 22.2. The van der Waals surface area contributed by atoms with Crippen molar-refractivity contribution in [1.29, 1.82) is 0 Å². The lowest BCUT2D eigenvalue weighted by Crippen LogP contribution is -2.15. The summed E-state index contributed by atoms with van der Waals surface area (Å²) in [6.07, 6.45) is 0.875. The highest BCUT2D eigenvalue weighted by atomic mass is 32.1. The predicted molar refractivity (Wildman–Crippen MR) is 151 cm³/mol. The molecule has 4 aromatic rings. The summed E-state index contributed by atoms with van der Waals surface area (Å²) in [6, 6.07) is 19.1. The number of para-hydroxylation sites is 1. The monoisotopic (exact) mass is 465 g/mol. The van der Waals surface area contributed by atoms with E-state index in [9.17, 15) is 0 Å². The van der Waals surface area contributed by atoms with E-state index >= 15 is 0 Å². The number of hydrogen-bond acceptors (Lipinski definition) is 3. The molecule has 164 valence electrons. The highest BCUT2D eigenvalue weighted by Gasteiger charge is 2.31. The van der Waals surface area contributed by atoms with Crippen molar-refractivity contribution in [3.8, 4) is 22.3 Å². The Morgan fingerprint density at radius 1 is 0.697 bits per heavy atom. The molecule has 0 bridgehead atoms. The van der Waals surface area contributed by atoms with E-state index in [4.69, 9.17) is 25.3 Å². The molecule has 0 unspecified atom stereocenters. The number of thiol groups is 2. The van der Waals surface area contributed by atoms with Crippen LogP contribution in [0.25, 0.3) is 22.3 Å². The lowest BCUT2D eigenvalue weighted by atomic mass is 9.80. The van der Waals surface area contributed by atoms with Crippen molar-refractivity contribution in [2.45, 2.75) is 43.9 Å². The largest absolute Gasteiger partial charge is 0.354 e. The van der Waals surface area contributed by atoms with Gasteiger partial charge in [0.15, 0.2) is 0 Å². The number of benzene rings is 4. The standard InChI is InChI=1S/C29H28BNS2/c1-15-17(3)28(32)21-14-22-25(24(21)26(15)30)27(16(2)18(4)29(22)33)31-23-13-9-8-12-20(23)19-10-6-5-7-11-19/h5-13,31-33H,14,30H2,1-4H3. The zero-order valence-corrected chi connectivity index (χ0v) is 21.6. The first-order valence-corrected chi connectivity index (χ1v) is 12.3. The average molecular weight is 465 g/mol. The summed E-state index contributed by atoms with van der Waals surface area (Å²) in [5, 5.41) is 3.87. The Kier molecular flexibility index (Phi) is 5.62. The molecular formula is C29H28BNS2. The number of rotatable bonds is 3. The van der Waals surface area contributed by atoms with E-state index in [0.29, 0.717) is 0 Å². The van der Waals surface area contributed by atoms with E-state index in [2.05, 4.69) is 95.5 Å². The van der Waals surface area contributed by atoms with Crippen LogP contribution >= 0.6 is 25.3 Å². The zero-order valence-electron chi connectivity index (χ0n) is 19.8. The summed E-state index contributed by atoms with van der Waals surface area (Å²) in [5.41, 5.74) is 16.4. The van der Waals surface area contributed by atoms with Gasteiger partial charge in [0.25, 0.3) is 0 Å². The normalized spacial score (nSPS) is 11.9. The molecule has 1 N–H and O–H groups in total. The van der Waals surface area contributed by atoms with Gasteiger partial charge in [0, 0.05) is 38.7 Å². The molecule has 0 saturated carbocycles. The van der Waals surface area contributed by atoms with Crippen molar-refractivity contribution in [3.05, 3.63) is 88.0 Å². The molecule has 1 aliphatic carbocycles. The van der Waals surface area contributed by atoms with Crippen molar-refractivity contribution in [1.82, 2.24) is 0 Å². The van der Waals surface area contributed by atoms with Gasteiger partial charge in [-0.25, -0.2) is 0 Å². The van der Waals surface area contributed by atoms with Crippen LogP contribution in [0.3, 0.4) is 0 Å². The number of anilines is 2. The Hall–Kier alpha value is -2.56. The molecule has 4 aromatic carbocycles. The summed E-state index contributed by atoms with van der Waals surface area (Å²) < 4.78 is 0. The van der Waals surface area contributed by atoms with Crippen molar-refractivity contribution < 1.29 is 0 Å². The maximum Gasteiger partial charge on any atom is 0.140 e. The first-order valence-electron chi connectivity index (χ1n) is 11.4. The van der Waals surface area contributed by atoms with Gasteiger partial charge in [-0.15, -0.1) is 25.3 Å². The SMILES string of the molecule is Bc1c(C)c(C)c(S)c2c1-c1c(c(S)c(C)c(C)c1Nc1ccccc1-c1ccccc1)C2. The second kappa shape index (κ2) is 8.34. The number of hydrogen-bond donors (Lipinski definition) is 3. The summed E-state index contributed by atoms with van der Waals surface area (Å²) in [6.45, 7) is 8.78. The number of nitrogens with one attached hydrogen (secondary N) is 1. The summed E-state index contributed by atoms with van der Waals surface area (Å²) in [7, 11) is 2.25. The fourth-order valence-corrected chi connectivity index (χ4v) is 5.87. The lowest BCUT2D eigenvalue weighted by molar-refractivity contribution is 1.09. The molecule has 1 nitrogen and oxygen atoms in total. The predicted octanol–water partition coefficient (Wildman–Crippen LogP) is 6.74. The summed E-state index contributed by atoms with van der Waals surface area (Å²) in [4.78, 5) is 2.21. The minimum atomic E-state index is 0.875. The molecule has 5 rings (SSSR count). The van der Waals surface area contributed by atoms with Crippen LogP contribution in [0.5, 0.6) is 0 Å². The van der Waals surface area contributed by atoms with Gasteiger partial charge >= 0.3 is 0 Å². The molecule has 0 amide bonds. The summed E-state index contributed by atoms with van der Waals surface area (Å²) in [5.74, 6) is 0. The van der Waals surface area contributed by atoms with Gasteiger partial charge in [-0.3, -0.25) is 0 Å². The molecule has 0 atom stereocenters. The summed E-state index contributed by atoms with van der Waals surface area (Å²) >= 11 is 9.95. The van der Waals surface area contributed by atoms with Crippen molar-refractivity contribution >= 4 is 49.9 Å². The van der Waals surface area contributed by atoms with Crippen LogP contribution in [0.1, 0.15) is 33.4 Å². The second-order valence-corrected chi connectivity index (χ2v) is 10.0. The Morgan fingerprint density at radius 3 is 1.97 bits per heavy atom. The molecular weight excluding hydrogens is 437 g/mol. The van der Waals surface area contributed by atoms with E-state index in [1.54, 1.807) is 0 Å². The van der Waals surface area contributed by atoms with Crippen molar-refractivity contribution in [3.63, 3.8) is 0 Å². The van der Waals surface area contributed by atoms with Crippen LogP contribution in [0, 0.1) is 27.7 Å². The Balaban J connectivity index is 1.78. The second-order valence-electron chi connectivity index (χ2n) is 9.12. The van der Waals surface area contributed by atoms with Gasteiger partial charge in [-0.05, 0) is 72.7 Å². The fourth-order valence-electron chi connectivity index (χ4n) is 5.15. The molecule has 33 heavy (non-hydrogen) atoms. The topological polar surface area (TPSA) is 12.0 Å². The van der Waals surface area contributed by atoms with E-state index < -0.39 is 0 Å². The highest BCUT2D eigenvalue weighted by Crippen LogP contribution is 2.50.